The van der Waals surface area contributed by atoms with Gasteiger partial charge in [-0.05, 0) is 41.3 Å². The third-order valence-electron chi connectivity index (χ3n) is 6.49. The van der Waals surface area contributed by atoms with Crippen LogP contribution >= 0.6 is 11.3 Å². The molecule has 1 N–H and O–H groups in total. The molecular weight excluding hydrogens is 476 g/mol. The Hall–Kier alpha value is -3.46. The van der Waals surface area contributed by atoms with Crippen molar-refractivity contribution in [1.82, 2.24) is 9.80 Å². The van der Waals surface area contributed by atoms with Gasteiger partial charge in [0.15, 0.2) is 0 Å². The van der Waals surface area contributed by atoms with Crippen molar-refractivity contribution in [3.05, 3.63) is 93.7 Å². The van der Waals surface area contributed by atoms with Gasteiger partial charge in [-0.2, -0.15) is 0 Å². The van der Waals surface area contributed by atoms with E-state index < -0.39 is 17.7 Å². The number of rotatable bonds is 8. The molecule has 0 saturated carbocycles. The molecule has 2 saturated heterocycles. The summed E-state index contributed by atoms with van der Waals surface area (Å²) in [7, 11) is 0. The Morgan fingerprint density at radius 1 is 0.972 bits per heavy atom. The quantitative estimate of drug-likeness (QED) is 0.283. The summed E-state index contributed by atoms with van der Waals surface area (Å²) in [4.78, 5) is 30.9. The molecule has 3 heterocycles. The number of nitrogens with zero attached hydrogens (tertiary/aromatic N) is 2. The monoisotopic (exact) mass is 504 g/mol. The zero-order valence-electron chi connectivity index (χ0n) is 19.8. The molecule has 7 nitrogen and oxygen atoms in total. The summed E-state index contributed by atoms with van der Waals surface area (Å²) in [6.07, 6.45) is 0. The number of morpholine rings is 1. The van der Waals surface area contributed by atoms with Gasteiger partial charge in [0, 0.05) is 36.6 Å². The predicted octanol–water partition coefficient (Wildman–Crippen LogP) is 4.08. The molecular formula is C28H28N2O5S. The van der Waals surface area contributed by atoms with Crippen LogP contribution in [0.25, 0.3) is 5.76 Å². The number of carbonyl (C=O) groups excluding carboxylic acids is 2. The highest BCUT2D eigenvalue weighted by Crippen LogP contribution is 2.41. The molecule has 1 amide bonds. The maximum absolute atomic E-state index is 13.2. The number of carbonyl (C=O) groups is 2. The first-order valence-corrected chi connectivity index (χ1v) is 12.9. The molecule has 3 aromatic rings. The van der Waals surface area contributed by atoms with Crippen molar-refractivity contribution in [3.8, 4) is 5.75 Å². The van der Waals surface area contributed by atoms with Crippen LogP contribution in [-0.4, -0.2) is 66.0 Å². The van der Waals surface area contributed by atoms with Crippen LogP contribution in [0.5, 0.6) is 5.75 Å². The fourth-order valence-corrected chi connectivity index (χ4v) is 5.38. The van der Waals surface area contributed by atoms with Gasteiger partial charge < -0.3 is 19.5 Å². The molecule has 186 valence electrons. The maximum Gasteiger partial charge on any atom is 0.295 e. The topological polar surface area (TPSA) is 79.3 Å². The molecule has 0 radical (unpaired) electrons. The third-order valence-corrected chi connectivity index (χ3v) is 7.41. The van der Waals surface area contributed by atoms with Crippen molar-refractivity contribution in [2.24, 2.45) is 0 Å². The van der Waals surface area contributed by atoms with E-state index in [0.717, 1.165) is 23.5 Å². The Labute approximate surface area is 214 Å². The Morgan fingerprint density at radius 2 is 1.72 bits per heavy atom. The Morgan fingerprint density at radius 3 is 2.42 bits per heavy atom. The van der Waals surface area contributed by atoms with E-state index in [4.69, 9.17) is 9.47 Å². The average molecular weight is 505 g/mol. The van der Waals surface area contributed by atoms with E-state index in [1.165, 1.54) is 11.3 Å². The molecule has 0 unspecified atom stereocenters. The van der Waals surface area contributed by atoms with Crippen molar-refractivity contribution < 1.29 is 24.2 Å². The van der Waals surface area contributed by atoms with Gasteiger partial charge in [-0.3, -0.25) is 14.5 Å². The summed E-state index contributed by atoms with van der Waals surface area (Å²) in [5, 5.41) is 13.1. The van der Waals surface area contributed by atoms with Crippen LogP contribution < -0.4 is 4.74 Å². The molecule has 1 aromatic heterocycles. The van der Waals surface area contributed by atoms with E-state index in [-0.39, 0.29) is 11.3 Å². The van der Waals surface area contributed by atoms with Crippen LogP contribution in [0.15, 0.2) is 77.7 Å². The molecule has 8 heteroatoms. The lowest BCUT2D eigenvalue weighted by molar-refractivity contribution is -0.140. The fourth-order valence-electron chi connectivity index (χ4n) is 4.53. The van der Waals surface area contributed by atoms with E-state index in [0.29, 0.717) is 44.2 Å². The molecule has 0 spiro atoms. The predicted molar refractivity (Wildman–Crippen MR) is 138 cm³/mol. The van der Waals surface area contributed by atoms with Gasteiger partial charge in [-0.1, -0.05) is 36.4 Å². The number of likely N-dealkylation sites (tertiary alicyclic amines) is 1. The first kappa shape index (κ1) is 24.2. The molecule has 2 aliphatic heterocycles. The summed E-state index contributed by atoms with van der Waals surface area (Å²) in [5.41, 5.74) is 1.65. The minimum atomic E-state index is -0.655. The van der Waals surface area contributed by atoms with Crippen LogP contribution in [0.4, 0.5) is 0 Å². The number of hydrogen-bond acceptors (Lipinski definition) is 7. The smallest absolute Gasteiger partial charge is 0.295 e. The molecule has 1 atom stereocenters. The molecule has 0 bridgehead atoms. The van der Waals surface area contributed by atoms with E-state index >= 15 is 0 Å². The number of thiophene rings is 1. The van der Waals surface area contributed by atoms with Crippen LogP contribution in [-0.2, 0) is 20.9 Å². The highest BCUT2D eigenvalue weighted by molar-refractivity contribution is 7.10. The second-order valence-electron chi connectivity index (χ2n) is 8.76. The van der Waals surface area contributed by atoms with E-state index in [9.17, 15) is 14.7 Å². The van der Waals surface area contributed by atoms with Crippen LogP contribution in [0, 0.1) is 0 Å². The number of aliphatic hydroxyl groups is 1. The first-order chi connectivity index (χ1) is 17.6. The minimum absolute atomic E-state index is 0.127. The maximum atomic E-state index is 13.2. The highest BCUT2D eigenvalue weighted by atomic mass is 32.1. The number of benzene rings is 2. The zero-order chi connectivity index (χ0) is 24.9. The van der Waals surface area contributed by atoms with Gasteiger partial charge in [-0.25, -0.2) is 0 Å². The Balaban J connectivity index is 1.38. The average Bonchev–Trinajstić information content (AvgIpc) is 3.54. The molecule has 5 rings (SSSR count). The lowest BCUT2D eigenvalue weighted by Crippen LogP contribution is -2.42. The summed E-state index contributed by atoms with van der Waals surface area (Å²) in [5.74, 6) is -0.755. The van der Waals surface area contributed by atoms with Crippen LogP contribution in [0.1, 0.15) is 22.0 Å². The van der Waals surface area contributed by atoms with Crippen LogP contribution in [0.3, 0.4) is 0 Å². The SMILES string of the molecule is O=C1C(=O)N(CCN2CCOCC2)[C@@H](c2cccs2)/C1=C(\O)c1ccc(OCc2ccccc2)cc1. The first-order valence-electron chi connectivity index (χ1n) is 12.0. The van der Waals surface area contributed by atoms with E-state index in [2.05, 4.69) is 4.90 Å². The van der Waals surface area contributed by atoms with E-state index in [1.807, 2.05) is 47.8 Å². The number of hydrogen-bond donors (Lipinski definition) is 1. The Kier molecular flexibility index (Phi) is 7.46. The summed E-state index contributed by atoms with van der Waals surface area (Å²) < 4.78 is 11.2. The van der Waals surface area contributed by atoms with Crippen molar-refractivity contribution >= 4 is 28.8 Å². The Bertz CT molecular complexity index is 1220. The highest BCUT2D eigenvalue weighted by Gasteiger charge is 2.46. The van der Waals surface area contributed by atoms with Gasteiger partial charge in [0.25, 0.3) is 11.7 Å². The largest absolute Gasteiger partial charge is 0.507 e. The van der Waals surface area contributed by atoms with Crippen molar-refractivity contribution in [1.29, 1.82) is 0 Å². The van der Waals surface area contributed by atoms with E-state index in [1.54, 1.807) is 29.2 Å². The number of ether oxygens (including phenoxy) is 2. The minimum Gasteiger partial charge on any atom is -0.507 e. The number of Topliss-reactive ketones (excluding diaryl/α,β-unsaturated/α-hetero) is 1. The third kappa shape index (κ3) is 5.21. The molecule has 2 fully saturated rings. The fraction of sp³-hybridized carbons (Fsp3) is 0.286. The number of aliphatic hydroxyl groups excluding tert-OH is 1. The second-order valence-corrected chi connectivity index (χ2v) is 9.74. The van der Waals surface area contributed by atoms with Crippen molar-refractivity contribution in [2.75, 3.05) is 39.4 Å². The summed E-state index contributed by atoms with van der Waals surface area (Å²) in [6, 6.07) is 20.0. The normalized spacial score (nSPS) is 20.1. The van der Waals surface area contributed by atoms with Crippen LogP contribution in [0.2, 0.25) is 0 Å². The zero-order valence-corrected chi connectivity index (χ0v) is 20.7. The summed E-state index contributed by atoms with van der Waals surface area (Å²) >= 11 is 1.47. The van der Waals surface area contributed by atoms with Gasteiger partial charge in [-0.15, -0.1) is 11.3 Å². The number of ketones is 1. The molecule has 36 heavy (non-hydrogen) atoms. The van der Waals surface area contributed by atoms with Crippen molar-refractivity contribution in [2.45, 2.75) is 12.6 Å². The molecule has 0 aliphatic carbocycles. The second kappa shape index (κ2) is 11.1. The number of amides is 1. The van der Waals surface area contributed by atoms with Gasteiger partial charge in [0.1, 0.15) is 18.1 Å². The van der Waals surface area contributed by atoms with Gasteiger partial charge >= 0.3 is 0 Å². The molecule has 2 aromatic carbocycles. The summed E-state index contributed by atoms with van der Waals surface area (Å²) in [6.45, 7) is 4.40. The van der Waals surface area contributed by atoms with Gasteiger partial charge in [0.05, 0.1) is 24.8 Å². The van der Waals surface area contributed by atoms with Gasteiger partial charge in [0.2, 0.25) is 0 Å². The van der Waals surface area contributed by atoms with Crippen molar-refractivity contribution in [3.63, 3.8) is 0 Å². The lowest BCUT2D eigenvalue weighted by atomic mass is 10.00. The standard InChI is InChI=1S/C28H28N2O5S/c31-26(21-8-10-22(11-9-21)35-19-20-5-2-1-3-6-20)24-25(23-7-4-18-36-23)30(28(33)27(24)32)13-12-29-14-16-34-17-15-29/h1-11,18,25,31H,12-17,19H2/b26-24+/t25-/m0/s1. The lowest BCUT2D eigenvalue weighted by Gasteiger charge is -2.30. The molecule has 2 aliphatic rings.